The summed E-state index contributed by atoms with van der Waals surface area (Å²) in [4.78, 5) is 15.1. The van der Waals surface area contributed by atoms with Gasteiger partial charge in [0.25, 0.3) is 0 Å². The first-order chi connectivity index (χ1) is 33.0. The van der Waals surface area contributed by atoms with E-state index in [1.165, 1.54) is 161 Å². The molecular weight excluding hydrogens is 855 g/mol. The van der Waals surface area contributed by atoms with E-state index in [1.54, 1.807) is 0 Å². The van der Waals surface area contributed by atoms with Crippen LogP contribution in [-0.4, -0.2) is 48.8 Å². The Morgan fingerprint density at radius 3 is 1.00 bits per heavy atom. The maximum Gasteiger partial charge on any atom is 0.306 e. The first-order valence-electron chi connectivity index (χ1n) is 31.5. The molecular formula is C66H137NO3. The van der Waals surface area contributed by atoms with E-state index in [2.05, 4.69) is 137 Å². The highest BCUT2D eigenvalue weighted by Gasteiger charge is 2.19. The number of rotatable bonds is 45. The molecule has 0 heterocycles. The molecule has 0 saturated heterocycles. The van der Waals surface area contributed by atoms with Gasteiger partial charge < -0.3 is 14.7 Å². The molecule has 424 valence electrons. The van der Waals surface area contributed by atoms with Gasteiger partial charge in [-0.3, -0.25) is 4.79 Å². The molecule has 9 unspecified atom stereocenters. The molecule has 0 aromatic rings. The summed E-state index contributed by atoms with van der Waals surface area (Å²) in [5.41, 5.74) is 0. The monoisotopic (exact) mass is 992 g/mol. The number of hydrogen-bond acceptors (Lipinski definition) is 4. The first kappa shape index (κ1) is 73.6. The third kappa shape index (κ3) is 58.3. The smallest absolute Gasteiger partial charge is 0.306 e. The van der Waals surface area contributed by atoms with Crippen LogP contribution in [0.2, 0.25) is 0 Å². The third-order valence-electron chi connectivity index (χ3n) is 15.5. The predicted octanol–water partition coefficient (Wildman–Crippen LogP) is 21.4. The second kappa shape index (κ2) is 50.5. The summed E-state index contributed by atoms with van der Waals surface area (Å²) in [6.07, 6.45) is 40.0. The molecule has 4 nitrogen and oxygen atoms in total. The average Bonchev–Trinajstić information content (AvgIpc) is 3.27. The second-order valence-electron chi connectivity index (χ2n) is 26.5. The van der Waals surface area contributed by atoms with E-state index in [1.807, 2.05) is 0 Å². The van der Waals surface area contributed by atoms with Gasteiger partial charge in [0.2, 0.25) is 0 Å². The lowest BCUT2D eigenvalue weighted by Crippen LogP contribution is -2.20. The van der Waals surface area contributed by atoms with E-state index in [0.717, 1.165) is 98.3 Å². The summed E-state index contributed by atoms with van der Waals surface area (Å²) in [5, 5.41) is 9.81. The van der Waals surface area contributed by atoms with Gasteiger partial charge in [0.1, 0.15) is 6.10 Å². The van der Waals surface area contributed by atoms with Crippen molar-refractivity contribution in [3.8, 4) is 0 Å². The van der Waals surface area contributed by atoms with Crippen LogP contribution in [0.3, 0.4) is 0 Å². The van der Waals surface area contributed by atoms with Crippen LogP contribution in [0.1, 0.15) is 323 Å². The maximum atomic E-state index is 12.9. The first-order valence-corrected chi connectivity index (χ1v) is 31.5. The lowest BCUT2D eigenvalue weighted by molar-refractivity contribution is -0.150. The standard InChI is InChI=1S/C48H97NO2.C14H30O.C4H10/c1-39(2)21-15-23-41(5)25-17-27-43(7)29-19-31-45(9)34-36-47(51-48(50)33-13-14-38-49(11)12)37-35-46(10)32-20-30-44(8)28-18-26-42(6)24-16-22-40(3)4;1-5-7-13(4)9-11-14(15)10-8-12(3)6-2;1-4(2)3/h39-47H,13-38H2,1-12H3;12-15H,5-11H2,1-4H3;4H,1-3H3. The van der Waals surface area contributed by atoms with E-state index >= 15 is 0 Å². The molecule has 0 aliphatic heterocycles. The zero-order valence-corrected chi connectivity index (χ0v) is 52.1. The van der Waals surface area contributed by atoms with Crippen molar-refractivity contribution >= 4 is 5.97 Å². The zero-order chi connectivity index (χ0) is 53.7. The molecule has 0 rings (SSSR count). The second-order valence-corrected chi connectivity index (χ2v) is 26.5. The number of esters is 1. The largest absolute Gasteiger partial charge is 0.462 e. The molecule has 0 radical (unpaired) electrons. The molecule has 0 aromatic heterocycles. The summed E-state index contributed by atoms with van der Waals surface area (Å²) < 4.78 is 6.19. The van der Waals surface area contributed by atoms with Crippen molar-refractivity contribution in [3.63, 3.8) is 0 Å². The van der Waals surface area contributed by atoms with Crippen molar-refractivity contribution in [2.24, 2.45) is 65.1 Å². The lowest BCUT2D eigenvalue weighted by Gasteiger charge is -2.22. The molecule has 70 heavy (non-hydrogen) atoms. The van der Waals surface area contributed by atoms with Crippen LogP contribution in [0.25, 0.3) is 0 Å². The van der Waals surface area contributed by atoms with E-state index < -0.39 is 0 Å². The number of ether oxygens (including phenoxy) is 1. The molecule has 1 N–H and O–H groups in total. The topological polar surface area (TPSA) is 49.8 Å². The molecule has 0 fully saturated rings. The molecule has 0 bridgehead atoms. The Morgan fingerprint density at radius 2 is 0.686 bits per heavy atom. The highest BCUT2D eigenvalue weighted by atomic mass is 16.5. The van der Waals surface area contributed by atoms with Gasteiger partial charge in [0, 0.05) is 6.42 Å². The minimum Gasteiger partial charge on any atom is -0.462 e. The van der Waals surface area contributed by atoms with Gasteiger partial charge in [0.15, 0.2) is 0 Å². The summed E-state index contributed by atoms with van der Waals surface area (Å²) in [5.74, 6) is 9.01. The summed E-state index contributed by atoms with van der Waals surface area (Å²) in [6, 6.07) is 0. The van der Waals surface area contributed by atoms with Gasteiger partial charge in [-0.15, -0.1) is 0 Å². The van der Waals surface area contributed by atoms with Gasteiger partial charge in [-0.1, -0.05) is 253 Å². The SMILES string of the molecule is CC(C)C.CC(C)CCCC(C)CCCC(C)CCCC(C)CCC(CCC(C)CCCC(C)CCCC(C)CCCC(C)C)OC(=O)CCCCN(C)C.CCCC(C)CCC(O)CCC(C)CC. The van der Waals surface area contributed by atoms with Crippen molar-refractivity contribution in [1.29, 1.82) is 0 Å². The van der Waals surface area contributed by atoms with Crippen LogP contribution < -0.4 is 0 Å². The number of hydrogen-bond donors (Lipinski definition) is 1. The van der Waals surface area contributed by atoms with Crippen LogP contribution in [0, 0.1) is 65.1 Å². The quantitative estimate of drug-likeness (QED) is 0.0488. The summed E-state index contributed by atoms with van der Waals surface area (Å²) >= 11 is 0. The highest BCUT2D eigenvalue weighted by Crippen LogP contribution is 2.27. The Bertz CT molecular complexity index is 1010. The zero-order valence-electron chi connectivity index (χ0n) is 52.1. The minimum atomic E-state index is -0.0571. The minimum absolute atomic E-state index is 0.0326. The Morgan fingerprint density at radius 1 is 0.386 bits per heavy atom. The Labute approximate surface area is 444 Å². The predicted molar refractivity (Wildman–Crippen MR) is 317 cm³/mol. The van der Waals surface area contributed by atoms with Gasteiger partial charge in [0.05, 0.1) is 6.10 Å². The lowest BCUT2D eigenvalue weighted by atomic mass is 9.89. The molecule has 9 atom stereocenters. The summed E-state index contributed by atoms with van der Waals surface area (Å²) in [7, 11) is 4.21. The number of carbonyl (C=O) groups excluding carboxylic acids is 1. The van der Waals surface area contributed by atoms with E-state index in [4.69, 9.17) is 4.74 Å². The van der Waals surface area contributed by atoms with Crippen LogP contribution in [-0.2, 0) is 9.53 Å². The number of aliphatic hydroxyl groups excluding tert-OH is 1. The normalized spacial score (nSPS) is 16.2. The van der Waals surface area contributed by atoms with Crippen molar-refractivity contribution in [2.45, 2.75) is 335 Å². The fraction of sp³-hybridized carbons (Fsp3) is 0.985. The number of unbranched alkanes of at least 4 members (excludes halogenated alkanes) is 1. The van der Waals surface area contributed by atoms with Crippen LogP contribution in [0.4, 0.5) is 0 Å². The molecule has 0 aliphatic carbocycles. The average molecular weight is 993 g/mol. The van der Waals surface area contributed by atoms with Gasteiger partial charge in [-0.2, -0.15) is 0 Å². The number of carbonyl (C=O) groups is 1. The van der Waals surface area contributed by atoms with Crippen LogP contribution in [0.5, 0.6) is 0 Å². The van der Waals surface area contributed by atoms with Crippen LogP contribution >= 0.6 is 0 Å². The van der Waals surface area contributed by atoms with Gasteiger partial charge >= 0.3 is 5.97 Å². The van der Waals surface area contributed by atoms with Crippen LogP contribution in [0.15, 0.2) is 0 Å². The molecule has 0 aromatic carbocycles. The van der Waals surface area contributed by atoms with E-state index in [-0.39, 0.29) is 18.2 Å². The van der Waals surface area contributed by atoms with Crippen molar-refractivity contribution < 1.29 is 14.6 Å². The highest BCUT2D eigenvalue weighted by molar-refractivity contribution is 5.69. The van der Waals surface area contributed by atoms with Crippen molar-refractivity contribution in [1.82, 2.24) is 4.90 Å². The Hall–Kier alpha value is -0.610. The molecule has 0 saturated carbocycles. The van der Waals surface area contributed by atoms with Crippen molar-refractivity contribution in [2.75, 3.05) is 20.6 Å². The number of aliphatic hydroxyl groups is 1. The fourth-order valence-corrected chi connectivity index (χ4v) is 9.96. The van der Waals surface area contributed by atoms with E-state index in [0.29, 0.717) is 18.3 Å². The third-order valence-corrected chi connectivity index (χ3v) is 15.5. The molecule has 0 aliphatic rings. The van der Waals surface area contributed by atoms with Crippen molar-refractivity contribution in [3.05, 3.63) is 0 Å². The maximum absolute atomic E-state index is 12.9. The fourth-order valence-electron chi connectivity index (χ4n) is 9.96. The van der Waals surface area contributed by atoms with Gasteiger partial charge in [-0.05, 0) is 150 Å². The van der Waals surface area contributed by atoms with E-state index in [9.17, 15) is 9.90 Å². The summed E-state index contributed by atoms with van der Waals surface area (Å²) in [6.45, 7) is 40.7. The van der Waals surface area contributed by atoms with Gasteiger partial charge in [-0.25, -0.2) is 0 Å². The Kier molecular flexibility index (Phi) is 53.2. The molecule has 0 spiro atoms. The number of nitrogens with zero attached hydrogens (tertiary/aromatic N) is 1. The Balaban J connectivity index is -0.00000196. The molecule has 0 amide bonds. The molecule has 4 heteroatoms.